The molecule has 1 N–H and O–H groups in total. The van der Waals surface area contributed by atoms with Crippen LogP contribution in [-0.2, 0) is 0 Å². The first kappa shape index (κ1) is 14.9. The van der Waals surface area contributed by atoms with Gasteiger partial charge in [0, 0.05) is 11.6 Å². The maximum atomic E-state index is 11.0. The molecule has 0 aliphatic carbocycles. The first-order valence-corrected chi connectivity index (χ1v) is 8.14. The van der Waals surface area contributed by atoms with Crippen LogP contribution in [0.1, 0.15) is 57.3 Å². The van der Waals surface area contributed by atoms with Gasteiger partial charge < -0.3 is 9.84 Å². The molecule has 1 aromatic rings. The van der Waals surface area contributed by atoms with Crippen LogP contribution in [0.2, 0.25) is 0 Å². The van der Waals surface area contributed by atoms with Gasteiger partial charge >= 0.3 is 0 Å². The lowest BCUT2D eigenvalue weighted by Crippen LogP contribution is -2.61. The molecule has 0 radical (unpaired) electrons. The number of nitrogens with zero attached hydrogens (tertiary/aromatic N) is 1. The van der Waals surface area contributed by atoms with Crippen LogP contribution < -0.4 is 4.74 Å². The molecule has 2 aliphatic rings. The van der Waals surface area contributed by atoms with E-state index in [2.05, 4.69) is 25.7 Å². The summed E-state index contributed by atoms with van der Waals surface area (Å²) in [6.45, 7) is 9.59. The molecule has 3 nitrogen and oxygen atoms in total. The third-order valence-electron chi connectivity index (χ3n) is 5.15. The van der Waals surface area contributed by atoms with Crippen molar-refractivity contribution in [2.45, 2.75) is 70.7 Å². The zero-order chi connectivity index (χ0) is 15.2. The van der Waals surface area contributed by atoms with Crippen molar-refractivity contribution < 1.29 is 9.84 Å². The van der Waals surface area contributed by atoms with Gasteiger partial charge in [-0.1, -0.05) is 24.6 Å². The molecule has 3 atom stereocenters. The standard InChI is InChI=1S/C18H27NO2/c1-12-8-7-10-14-15(20)17(18(3,4)21-16(12)14)19-11-6-5-9-13(19)2/h7-8,10,13,15,17,20H,5-6,9,11H2,1-4H3. The summed E-state index contributed by atoms with van der Waals surface area (Å²) in [6.07, 6.45) is 3.23. The molecule has 1 aromatic carbocycles. The average molecular weight is 289 g/mol. The third-order valence-corrected chi connectivity index (χ3v) is 5.15. The highest BCUT2D eigenvalue weighted by molar-refractivity contribution is 5.45. The number of aliphatic hydroxyl groups is 1. The summed E-state index contributed by atoms with van der Waals surface area (Å²) < 4.78 is 6.33. The van der Waals surface area contributed by atoms with Gasteiger partial charge in [-0.15, -0.1) is 0 Å². The molecule has 0 aromatic heterocycles. The van der Waals surface area contributed by atoms with E-state index in [9.17, 15) is 5.11 Å². The monoisotopic (exact) mass is 289 g/mol. The highest BCUT2D eigenvalue weighted by Gasteiger charge is 2.48. The molecule has 1 saturated heterocycles. The van der Waals surface area contributed by atoms with Crippen LogP contribution in [-0.4, -0.2) is 34.2 Å². The predicted molar refractivity (Wildman–Crippen MR) is 84.7 cm³/mol. The quantitative estimate of drug-likeness (QED) is 0.859. The lowest BCUT2D eigenvalue weighted by atomic mass is 9.82. The normalized spacial score (nSPS) is 32.3. The van der Waals surface area contributed by atoms with Gasteiger partial charge in [0.25, 0.3) is 0 Å². The molecule has 21 heavy (non-hydrogen) atoms. The summed E-state index contributed by atoms with van der Waals surface area (Å²) in [7, 11) is 0. The minimum atomic E-state index is -0.482. The molecule has 116 valence electrons. The number of fused-ring (bicyclic) bond motifs is 1. The van der Waals surface area contributed by atoms with Gasteiger partial charge in [0.15, 0.2) is 0 Å². The highest BCUT2D eigenvalue weighted by Crippen LogP contribution is 2.44. The van der Waals surface area contributed by atoms with E-state index < -0.39 is 6.10 Å². The molecular formula is C18H27NO2. The Hall–Kier alpha value is -1.06. The van der Waals surface area contributed by atoms with Gasteiger partial charge in [-0.25, -0.2) is 0 Å². The Morgan fingerprint density at radius 1 is 1.29 bits per heavy atom. The second kappa shape index (κ2) is 5.29. The minimum absolute atomic E-state index is 0.0158. The predicted octanol–water partition coefficient (Wildman–Crippen LogP) is 3.44. The summed E-state index contributed by atoms with van der Waals surface area (Å²) in [6, 6.07) is 6.58. The average Bonchev–Trinajstić information content (AvgIpc) is 2.42. The van der Waals surface area contributed by atoms with Crippen molar-refractivity contribution in [3.8, 4) is 5.75 Å². The molecule has 2 aliphatic heterocycles. The van der Waals surface area contributed by atoms with E-state index >= 15 is 0 Å². The third kappa shape index (κ3) is 2.47. The van der Waals surface area contributed by atoms with Crippen molar-refractivity contribution in [1.82, 2.24) is 4.90 Å². The number of rotatable bonds is 1. The molecular weight excluding hydrogens is 262 g/mol. The van der Waals surface area contributed by atoms with Crippen molar-refractivity contribution >= 4 is 0 Å². The Balaban J connectivity index is 2.01. The van der Waals surface area contributed by atoms with Gasteiger partial charge in [-0.3, -0.25) is 4.90 Å². The second-order valence-corrected chi connectivity index (χ2v) is 7.17. The maximum absolute atomic E-state index is 11.0. The highest BCUT2D eigenvalue weighted by atomic mass is 16.5. The molecule has 0 bridgehead atoms. The first-order chi connectivity index (χ1) is 9.92. The number of piperidine rings is 1. The summed E-state index contributed by atoms with van der Waals surface area (Å²) >= 11 is 0. The molecule has 2 heterocycles. The molecule has 0 spiro atoms. The molecule has 3 heteroatoms. The van der Waals surface area contributed by atoms with E-state index in [0.717, 1.165) is 23.4 Å². The van der Waals surface area contributed by atoms with Crippen LogP contribution in [0.4, 0.5) is 0 Å². The summed E-state index contributed by atoms with van der Waals surface area (Å²) in [5.41, 5.74) is 1.66. The Morgan fingerprint density at radius 3 is 2.76 bits per heavy atom. The fourth-order valence-electron chi connectivity index (χ4n) is 4.04. The number of aliphatic hydroxyl groups excluding tert-OH is 1. The Morgan fingerprint density at radius 2 is 2.05 bits per heavy atom. The topological polar surface area (TPSA) is 32.7 Å². The van der Waals surface area contributed by atoms with E-state index in [1.54, 1.807) is 0 Å². The van der Waals surface area contributed by atoms with Crippen molar-refractivity contribution in [3.63, 3.8) is 0 Å². The van der Waals surface area contributed by atoms with Crippen molar-refractivity contribution in [3.05, 3.63) is 29.3 Å². The summed E-state index contributed by atoms with van der Waals surface area (Å²) in [5.74, 6) is 0.871. The number of aryl methyl sites for hydroxylation is 1. The molecule has 3 unspecified atom stereocenters. The van der Waals surface area contributed by atoms with Gasteiger partial charge in [-0.05, 0) is 52.6 Å². The van der Waals surface area contributed by atoms with Crippen LogP contribution in [0.3, 0.4) is 0 Å². The van der Waals surface area contributed by atoms with Crippen LogP contribution in [0.15, 0.2) is 18.2 Å². The fourth-order valence-corrected chi connectivity index (χ4v) is 4.04. The number of ether oxygens (including phenoxy) is 1. The fraction of sp³-hybridized carbons (Fsp3) is 0.667. The van der Waals surface area contributed by atoms with Gasteiger partial charge in [-0.2, -0.15) is 0 Å². The zero-order valence-corrected chi connectivity index (χ0v) is 13.6. The Labute approximate surface area is 127 Å². The number of hydrogen-bond acceptors (Lipinski definition) is 3. The lowest BCUT2D eigenvalue weighted by molar-refractivity contribution is -0.101. The van der Waals surface area contributed by atoms with Gasteiger partial charge in [0.2, 0.25) is 0 Å². The van der Waals surface area contributed by atoms with Crippen LogP contribution in [0.5, 0.6) is 5.75 Å². The Kier molecular flexibility index (Phi) is 3.74. The van der Waals surface area contributed by atoms with E-state index in [4.69, 9.17) is 4.74 Å². The summed E-state index contributed by atoms with van der Waals surface area (Å²) in [5, 5.41) is 11.0. The molecule has 0 amide bonds. The molecule has 0 saturated carbocycles. The largest absolute Gasteiger partial charge is 0.485 e. The van der Waals surface area contributed by atoms with Crippen LogP contribution in [0.25, 0.3) is 0 Å². The van der Waals surface area contributed by atoms with Crippen LogP contribution >= 0.6 is 0 Å². The van der Waals surface area contributed by atoms with Gasteiger partial charge in [0.05, 0.1) is 6.04 Å². The van der Waals surface area contributed by atoms with Crippen molar-refractivity contribution in [1.29, 1.82) is 0 Å². The van der Waals surface area contributed by atoms with E-state index in [0.29, 0.717) is 6.04 Å². The van der Waals surface area contributed by atoms with E-state index in [1.165, 1.54) is 19.3 Å². The number of para-hydroxylation sites is 1. The molecule has 1 fully saturated rings. The van der Waals surface area contributed by atoms with E-state index in [-0.39, 0.29) is 11.6 Å². The van der Waals surface area contributed by atoms with Crippen molar-refractivity contribution in [2.24, 2.45) is 0 Å². The Bertz CT molecular complexity index is 526. The van der Waals surface area contributed by atoms with Gasteiger partial charge in [0.1, 0.15) is 17.5 Å². The zero-order valence-electron chi connectivity index (χ0n) is 13.6. The van der Waals surface area contributed by atoms with Crippen LogP contribution in [0, 0.1) is 6.92 Å². The number of benzene rings is 1. The smallest absolute Gasteiger partial charge is 0.128 e. The van der Waals surface area contributed by atoms with Crippen molar-refractivity contribution in [2.75, 3.05) is 6.54 Å². The SMILES string of the molecule is Cc1cccc2c1OC(C)(C)C(N1CCCCC1C)C2O. The lowest BCUT2D eigenvalue weighted by Gasteiger charge is -2.51. The summed E-state index contributed by atoms with van der Waals surface area (Å²) in [4.78, 5) is 2.46. The second-order valence-electron chi connectivity index (χ2n) is 7.17. The van der Waals surface area contributed by atoms with E-state index in [1.807, 2.05) is 25.1 Å². The first-order valence-electron chi connectivity index (χ1n) is 8.14. The molecule has 3 rings (SSSR count). The number of likely N-dealkylation sites (tertiary alicyclic amines) is 1. The maximum Gasteiger partial charge on any atom is 0.128 e. The minimum Gasteiger partial charge on any atom is -0.485 e. The number of hydrogen-bond donors (Lipinski definition) is 1.